The highest BCUT2D eigenvalue weighted by Gasteiger charge is 2.32. The number of nitrogens with one attached hydrogen (secondary N) is 1. The van der Waals surface area contributed by atoms with Gasteiger partial charge in [0.15, 0.2) is 0 Å². The molecule has 2 heterocycles. The lowest BCUT2D eigenvalue weighted by molar-refractivity contribution is 0.210. The minimum absolute atomic E-state index is 0.415. The van der Waals surface area contributed by atoms with E-state index < -0.39 is 10.0 Å². The number of piperidine rings is 1. The van der Waals surface area contributed by atoms with Crippen LogP contribution < -0.4 is 5.32 Å². The van der Waals surface area contributed by atoms with E-state index in [0.717, 1.165) is 24.6 Å². The summed E-state index contributed by atoms with van der Waals surface area (Å²) in [6.45, 7) is 3.68. The Bertz CT molecular complexity index is 656. The van der Waals surface area contributed by atoms with Gasteiger partial charge in [-0.2, -0.15) is 4.31 Å². The average molecular weight is 350 g/mol. The highest BCUT2D eigenvalue weighted by Crippen LogP contribution is 2.30. The number of anilines is 1. The quantitative estimate of drug-likeness (QED) is 0.887. The summed E-state index contributed by atoms with van der Waals surface area (Å²) in [5.41, 5.74) is 1.03. The molecule has 3 aliphatic rings. The fraction of sp³-hybridized carbons (Fsp3) is 0.667. The number of benzene rings is 1. The van der Waals surface area contributed by atoms with Crippen molar-refractivity contribution in [3.05, 3.63) is 24.3 Å². The second-order valence-corrected chi connectivity index (χ2v) is 9.26. The van der Waals surface area contributed by atoms with E-state index in [9.17, 15) is 8.42 Å². The Labute approximate surface area is 145 Å². The van der Waals surface area contributed by atoms with Gasteiger partial charge in [0.2, 0.25) is 10.0 Å². The maximum Gasteiger partial charge on any atom is 0.243 e. The van der Waals surface area contributed by atoms with Crippen LogP contribution >= 0.6 is 0 Å². The zero-order valence-corrected chi connectivity index (χ0v) is 15.0. The molecule has 1 aromatic carbocycles. The molecule has 4 rings (SSSR count). The molecule has 1 aromatic rings. The third kappa shape index (κ3) is 3.46. The van der Waals surface area contributed by atoms with Gasteiger partial charge in [-0.05, 0) is 62.8 Å². The minimum Gasteiger partial charge on any atom is -0.382 e. The van der Waals surface area contributed by atoms with Gasteiger partial charge < -0.3 is 10.2 Å². The molecule has 1 saturated carbocycles. The Hall–Kier alpha value is -1.11. The van der Waals surface area contributed by atoms with Crippen molar-refractivity contribution in [1.82, 2.24) is 9.21 Å². The first-order valence-electron chi connectivity index (χ1n) is 9.24. The van der Waals surface area contributed by atoms with E-state index in [0.29, 0.717) is 24.0 Å². The number of likely N-dealkylation sites (tertiary alicyclic amines) is 1. The molecule has 5 nitrogen and oxygen atoms in total. The summed E-state index contributed by atoms with van der Waals surface area (Å²) in [5.74, 6) is 0. The van der Waals surface area contributed by atoms with Crippen molar-refractivity contribution in [1.29, 1.82) is 0 Å². The highest BCUT2D eigenvalue weighted by molar-refractivity contribution is 7.89. The first kappa shape index (κ1) is 16.4. The molecule has 3 fully saturated rings. The minimum atomic E-state index is -3.30. The Kier molecular flexibility index (Phi) is 4.54. The maximum atomic E-state index is 12.5. The van der Waals surface area contributed by atoms with Crippen LogP contribution in [0.2, 0.25) is 0 Å². The molecular weight excluding hydrogens is 322 g/mol. The molecule has 0 unspecified atom stereocenters. The molecule has 1 N–H and O–H groups in total. The molecule has 0 bridgehead atoms. The van der Waals surface area contributed by atoms with Crippen molar-refractivity contribution in [2.24, 2.45) is 0 Å². The van der Waals surface area contributed by atoms with Crippen LogP contribution in [0.15, 0.2) is 29.2 Å². The molecule has 132 valence electrons. The van der Waals surface area contributed by atoms with Crippen LogP contribution in [0.4, 0.5) is 5.69 Å². The number of rotatable bonds is 5. The van der Waals surface area contributed by atoms with E-state index in [1.54, 1.807) is 16.4 Å². The fourth-order valence-electron chi connectivity index (χ4n) is 3.89. The van der Waals surface area contributed by atoms with Gasteiger partial charge in [0.05, 0.1) is 4.90 Å². The second-order valence-electron chi connectivity index (χ2n) is 7.32. The van der Waals surface area contributed by atoms with E-state index in [2.05, 4.69) is 10.2 Å². The van der Waals surface area contributed by atoms with E-state index in [1.807, 2.05) is 12.1 Å². The van der Waals surface area contributed by atoms with Crippen LogP contribution in [0.1, 0.15) is 38.5 Å². The molecule has 0 amide bonds. The lowest BCUT2D eigenvalue weighted by Gasteiger charge is -2.32. The van der Waals surface area contributed by atoms with Crippen LogP contribution in [0, 0.1) is 0 Å². The molecule has 2 saturated heterocycles. The molecule has 1 aliphatic carbocycles. The predicted octanol–water partition coefficient (Wildman–Crippen LogP) is 2.51. The Morgan fingerprint density at radius 1 is 0.875 bits per heavy atom. The van der Waals surface area contributed by atoms with Gasteiger partial charge >= 0.3 is 0 Å². The van der Waals surface area contributed by atoms with Crippen molar-refractivity contribution in [3.63, 3.8) is 0 Å². The Morgan fingerprint density at radius 2 is 1.50 bits per heavy atom. The Balaban J connectivity index is 1.35. The normalized spacial score (nSPS) is 24.3. The maximum absolute atomic E-state index is 12.5. The van der Waals surface area contributed by atoms with Gasteiger partial charge in [-0.15, -0.1) is 0 Å². The van der Waals surface area contributed by atoms with Crippen molar-refractivity contribution in [2.45, 2.75) is 55.5 Å². The summed E-state index contributed by atoms with van der Waals surface area (Å²) in [6.07, 6.45) is 7.04. The second kappa shape index (κ2) is 6.65. The SMILES string of the molecule is O=S(=O)(c1ccc(NC2CCN(C3CC3)CC2)cc1)N1CCCC1. The van der Waals surface area contributed by atoms with Gasteiger partial charge in [-0.1, -0.05) is 0 Å². The van der Waals surface area contributed by atoms with Crippen LogP contribution in [-0.4, -0.2) is 55.9 Å². The monoisotopic (exact) mass is 349 g/mol. The lowest BCUT2D eigenvalue weighted by Crippen LogP contribution is -2.40. The van der Waals surface area contributed by atoms with Gasteiger partial charge in [0, 0.05) is 44.0 Å². The van der Waals surface area contributed by atoms with Crippen LogP contribution in [0.25, 0.3) is 0 Å². The molecule has 2 aliphatic heterocycles. The molecule has 0 aromatic heterocycles. The smallest absolute Gasteiger partial charge is 0.243 e. The zero-order valence-electron chi connectivity index (χ0n) is 14.2. The highest BCUT2D eigenvalue weighted by atomic mass is 32.2. The molecular formula is C18H27N3O2S. The summed E-state index contributed by atoms with van der Waals surface area (Å²) >= 11 is 0. The number of hydrogen-bond donors (Lipinski definition) is 1. The van der Waals surface area contributed by atoms with Gasteiger partial charge in [0.25, 0.3) is 0 Å². The summed E-state index contributed by atoms with van der Waals surface area (Å²) in [7, 11) is -3.30. The van der Waals surface area contributed by atoms with Crippen LogP contribution in [0.3, 0.4) is 0 Å². The van der Waals surface area contributed by atoms with E-state index in [-0.39, 0.29) is 0 Å². The van der Waals surface area contributed by atoms with Crippen molar-refractivity contribution < 1.29 is 8.42 Å². The fourth-order valence-corrected chi connectivity index (χ4v) is 5.40. The number of nitrogens with zero attached hydrogens (tertiary/aromatic N) is 2. The Morgan fingerprint density at radius 3 is 2.08 bits per heavy atom. The van der Waals surface area contributed by atoms with Crippen molar-refractivity contribution >= 4 is 15.7 Å². The lowest BCUT2D eigenvalue weighted by atomic mass is 10.0. The first-order valence-corrected chi connectivity index (χ1v) is 10.7. The van der Waals surface area contributed by atoms with Crippen molar-refractivity contribution in [2.75, 3.05) is 31.5 Å². The topological polar surface area (TPSA) is 52.7 Å². The van der Waals surface area contributed by atoms with E-state index >= 15 is 0 Å². The summed E-state index contributed by atoms with van der Waals surface area (Å²) in [5, 5.41) is 3.57. The predicted molar refractivity (Wildman–Crippen MR) is 95.7 cm³/mol. The van der Waals surface area contributed by atoms with Gasteiger partial charge in [-0.25, -0.2) is 8.42 Å². The molecule has 0 atom stereocenters. The molecule has 6 heteroatoms. The van der Waals surface area contributed by atoms with Crippen LogP contribution in [0.5, 0.6) is 0 Å². The summed E-state index contributed by atoms with van der Waals surface area (Å²) < 4.78 is 26.7. The third-order valence-corrected chi connectivity index (χ3v) is 7.43. The standard InChI is InChI=1S/C18H27N3O2S/c22-24(23,21-11-1-2-12-21)18-7-3-15(4-8-18)19-16-9-13-20(14-10-16)17-5-6-17/h3-4,7-8,16-17,19H,1-2,5-6,9-14H2. The van der Waals surface area contributed by atoms with Gasteiger partial charge in [0.1, 0.15) is 0 Å². The molecule has 24 heavy (non-hydrogen) atoms. The first-order chi connectivity index (χ1) is 11.6. The molecule has 0 radical (unpaired) electrons. The van der Waals surface area contributed by atoms with Gasteiger partial charge in [-0.3, -0.25) is 0 Å². The zero-order chi connectivity index (χ0) is 16.6. The molecule has 0 spiro atoms. The number of hydrogen-bond acceptors (Lipinski definition) is 4. The summed E-state index contributed by atoms with van der Waals surface area (Å²) in [4.78, 5) is 3.03. The van der Waals surface area contributed by atoms with E-state index in [1.165, 1.54) is 38.8 Å². The average Bonchev–Trinajstić information content (AvgIpc) is 3.29. The van der Waals surface area contributed by atoms with E-state index in [4.69, 9.17) is 0 Å². The van der Waals surface area contributed by atoms with Crippen LogP contribution in [-0.2, 0) is 10.0 Å². The third-order valence-electron chi connectivity index (χ3n) is 5.52. The summed E-state index contributed by atoms with van der Waals surface area (Å²) in [6, 6.07) is 8.68. The largest absolute Gasteiger partial charge is 0.382 e. The van der Waals surface area contributed by atoms with Crippen molar-refractivity contribution in [3.8, 4) is 0 Å². The number of sulfonamides is 1.